The third kappa shape index (κ3) is 5.22. The molecular formula is C43H29N3O. The Bertz CT molecular complexity index is 2420. The molecule has 2 heterocycles. The van der Waals surface area contributed by atoms with Gasteiger partial charge in [-0.25, -0.2) is 15.0 Å². The monoisotopic (exact) mass is 603 g/mol. The van der Waals surface area contributed by atoms with Crippen LogP contribution in [0.5, 0.6) is 0 Å². The van der Waals surface area contributed by atoms with Gasteiger partial charge in [-0.05, 0) is 51.6 Å². The molecule has 47 heavy (non-hydrogen) atoms. The molecule has 8 rings (SSSR count). The van der Waals surface area contributed by atoms with Gasteiger partial charge in [0.25, 0.3) is 0 Å². The molecule has 0 bridgehead atoms. The normalized spacial score (nSPS) is 11.1. The summed E-state index contributed by atoms with van der Waals surface area (Å²) < 4.78 is 6.20. The molecule has 8 aromatic rings. The number of nitrogens with zero attached hydrogens (tertiary/aromatic N) is 3. The minimum Gasteiger partial charge on any atom is -0.456 e. The third-order valence-electron chi connectivity index (χ3n) is 8.53. The van der Waals surface area contributed by atoms with Gasteiger partial charge in [0.05, 0.1) is 0 Å². The van der Waals surface area contributed by atoms with Crippen molar-refractivity contribution in [1.82, 2.24) is 15.0 Å². The van der Waals surface area contributed by atoms with E-state index in [0.717, 1.165) is 72.0 Å². The Hall–Kier alpha value is -6.39. The molecule has 0 amide bonds. The Morgan fingerprint density at radius 3 is 1.64 bits per heavy atom. The first-order valence-electron chi connectivity index (χ1n) is 15.5. The highest BCUT2D eigenvalue weighted by Crippen LogP contribution is 2.37. The first-order valence-corrected chi connectivity index (χ1v) is 15.5. The number of furan rings is 1. The van der Waals surface area contributed by atoms with Crippen LogP contribution in [0.15, 0.2) is 157 Å². The van der Waals surface area contributed by atoms with Gasteiger partial charge in [-0.3, -0.25) is 0 Å². The SMILES string of the molecule is C=Cc1ccc(-c2ccc(-c3nc(-c4ccc(-c5ccccc5)cc4)nc(-c4cccc5oc6ccccc6c45)n3)cc2)cc1C=C. The summed E-state index contributed by atoms with van der Waals surface area (Å²) in [4.78, 5) is 15.1. The third-order valence-corrected chi connectivity index (χ3v) is 8.53. The van der Waals surface area contributed by atoms with Crippen molar-refractivity contribution in [2.24, 2.45) is 0 Å². The van der Waals surface area contributed by atoms with Crippen molar-refractivity contribution in [2.75, 3.05) is 0 Å². The van der Waals surface area contributed by atoms with E-state index in [1.54, 1.807) is 0 Å². The molecule has 0 saturated heterocycles. The Morgan fingerprint density at radius 1 is 0.426 bits per heavy atom. The first kappa shape index (κ1) is 28.1. The standard InChI is InChI=1S/C43H29N3O/c1-3-28-17-26-35(27-29(28)4-2)32-20-24-34(25-21-32)42-44-41(33-22-18-31(19-23-33)30-11-6-5-7-12-30)45-43(46-42)37-14-10-16-39-40(37)36-13-8-9-15-38(36)47-39/h3-27H,1-2H2. The highest BCUT2D eigenvalue weighted by atomic mass is 16.3. The number of fused-ring (bicyclic) bond motifs is 3. The predicted octanol–water partition coefficient (Wildman–Crippen LogP) is 11.4. The van der Waals surface area contributed by atoms with Crippen LogP contribution in [0.2, 0.25) is 0 Å². The second kappa shape index (κ2) is 11.8. The zero-order valence-corrected chi connectivity index (χ0v) is 25.6. The van der Waals surface area contributed by atoms with E-state index in [4.69, 9.17) is 19.4 Å². The minimum absolute atomic E-state index is 0.592. The zero-order valence-electron chi connectivity index (χ0n) is 25.6. The maximum Gasteiger partial charge on any atom is 0.164 e. The van der Waals surface area contributed by atoms with Crippen LogP contribution in [-0.2, 0) is 0 Å². The fourth-order valence-corrected chi connectivity index (χ4v) is 6.09. The van der Waals surface area contributed by atoms with Crippen LogP contribution in [0.25, 0.3) is 90.5 Å². The lowest BCUT2D eigenvalue weighted by molar-refractivity contribution is 0.669. The number of rotatable bonds is 7. The van der Waals surface area contributed by atoms with E-state index >= 15 is 0 Å². The number of aromatic nitrogens is 3. The summed E-state index contributed by atoms with van der Waals surface area (Å²) in [6, 6.07) is 47.5. The lowest BCUT2D eigenvalue weighted by Crippen LogP contribution is -2.00. The van der Waals surface area contributed by atoms with E-state index in [1.807, 2.05) is 60.7 Å². The Balaban J connectivity index is 1.26. The molecule has 0 unspecified atom stereocenters. The van der Waals surface area contributed by atoms with E-state index < -0.39 is 0 Å². The van der Waals surface area contributed by atoms with Crippen LogP contribution in [-0.4, -0.2) is 15.0 Å². The summed E-state index contributed by atoms with van der Waals surface area (Å²) >= 11 is 0. The molecule has 0 aliphatic rings. The van der Waals surface area contributed by atoms with Crippen molar-refractivity contribution < 1.29 is 4.42 Å². The molecule has 2 aromatic heterocycles. The molecule has 0 fully saturated rings. The van der Waals surface area contributed by atoms with Gasteiger partial charge >= 0.3 is 0 Å². The average molecular weight is 604 g/mol. The molecule has 0 saturated carbocycles. The fourth-order valence-electron chi connectivity index (χ4n) is 6.09. The van der Waals surface area contributed by atoms with Crippen LogP contribution in [0.1, 0.15) is 11.1 Å². The minimum atomic E-state index is 0.592. The lowest BCUT2D eigenvalue weighted by Gasteiger charge is -2.11. The molecule has 6 aromatic carbocycles. The van der Waals surface area contributed by atoms with Crippen molar-refractivity contribution in [1.29, 1.82) is 0 Å². The van der Waals surface area contributed by atoms with Crippen molar-refractivity contribution in [3.8, 4) is 56.4 Å². The van der Waals surface area contributed by atoms with Crippen molar-refractivity contribution >= 4 is 34.1 Å². The summed E-state index contributed by atoms with van der Waals surface area (Å²) in [6.07, 6.45) is 3.71. The average Bonchev–Trinajstić information content (AvgIpc) is 3.54. The zero-order chi connectivity index (χ0) is 31.7. The summed E-state index contributed by atoms with van der Waals surface area (Å²) in [5.41, 5.74) is 10.9. The van der Waals surface area contributed by atoms with Crippen LogP contribution >= 0.6 is 0 Å². The Kier molecular flexibility index (Phi) is 7.08. The predicted molar refractivity (Wildman–Crippen MR) is 194 cm³/mol. The first-order chi connectivity index (χ1) is 23.2. The van der Waals surface area contributed by atoms with Crippen LogP contribution in [0.4, 0.5) is 0 Å². The molecular weight excluding hydrogens is 574 g/mol. The van der Waals surface area contributed by atoms with Crippen molar-refractivity contribution in [3.05, 3.63) is 164 Å². The highest BCUT2D eigenvalue weighted by Gasteiger charge is 2.18. The summed E-state index contributed by atoms with van der Waals surface area (Å²) in [6.45, 7) is 7.89. The van der Waals surface area contributed by atoms with Gasteiger partial charge < -0.3 is 4.42 Å². The molecule has 0 radical (unpaired) electrons. The summed E-state index contributed by atoms with van der Waals surface area (Å²) in [5, 5.41) is 2.02. The van der Waals surface area contributed by atoms with E-state index in [1.165, 1.54) is 0 Å². The van der Waals surface area contributed by atoms with E-state index in [-0.39, 0.29) is 0 Å². The quantitative estimate of drug-likeness (QED) is 0.182. The molecule has 0 aliphatic carbocycles. The van der Waals surface area contributed by atoms with E-state index in [9.17, 15) is 0 Å². The Labute approximate surface area is 273 Å². The smallest absolute Gasteiger partial charge is 0.164 e. The summed E-state index contributed by atoms with van der Waals surface area (Å²) in [5.74, 6) is 1.80. The van der Waals surface area contributed by atoms with Crippen LogP contribution < -0.4 is 0 Å². The number of hydrogen-bond acceptors (Lipinski definition) is 4. The maximum atomic E-state index is 6.20. The Morgan fingerprint density at radius 2 is 0.957 bits per heavy atom. The topological polar surface area (TPSA) is 51.8 Å². The van der Waals surface area contributed by atoms with Crippen LogP contribution in [0, 0.1) is 0 Å². The van der Waals surface area contributed by atoms with E-state index in [2.05, 4.69) is 104 Å². The van der Waals surface area contributed by atoms with Gasteiger partial charge in [-0.2, -0.15) is 0 Å². The number of para-hydroxylation sites is 1. The van der Waals surface area contributed by atoms with Gasteiger partial charge in [0.15, 0.2) is 17.5 Å². The number of hydrogen-bond donors (Lipinski definition) is 0. The second-order valence-electron chi connectivity index (χ2n) is 11.4. The van der Waals surface area contributed by atoms with Gasteiger partial charge in [-0.1, -0.05) is 147 Å². The van der Waals surface area contributed by atoms with E-state index in [0.29, 0.717) is 17.5 Å². The fraction of sp³-hybridized carbons (Fsp3) is 0. The van der Waals surface area contributed by atoms with Gasteiger partial charge in [0.2, 0.25) is 0 Å². The largest absolute Gasteiger partial charge is 0.456 e. The van der Waals surface area contributed by atoms with Gasteiger partial charge in [0.1, 0.15) is 11.2 Å². The van der Waals surface area contributed by atoms with Gasteiger partial charge in [-0.15, -0.1) is 0 Å². The highest BCUT2D eigenvalue weighted by molar-refractivity contribution is 6.11. The van der Waals surface area contributed by atoms with Gasteiger partial charge in [0, 0.05) is 27.5 Å². The van der Waals surface area contributed by atoms with Crippen LogP contribution in [0.3, 0.4) is 0 Å². The van der Waals surface area contributed by atoms with Crippen molar-refractivity contribution in [2.45, 2.75) is 0 Å². The molecule has 0 N–H and O–H groups in total. The number of benzene rings is 6. The molecule has 0 aliphatic heterocycles. The maximum absolute atomic E-state index is 6.20. The molecule has 0 atom stereocenters. The lowest BCUT2D eigenvalue weighted by atomic mass is 9.98. The molecule has 4 nitrogen and oxygen atoms in total. The summed E-state index contributed by atoms with van der Waals surface area (Å²) in [7, 11) is 0. The second-order valence-corrected chi connectivity index (χ2v) is 11.4. The molecule has 222 valence electrons. The molecule has 4 heteroatoms. The van der Waals surface area contributed by atoms with Crippen molar-refractivity contribution in [3.63, 3.8) is 0 Å². The molecule has 0 spiro atoms.